The first-order valence-electron chi connectivity index (χ1n) is 9.44. The number of piperidine rings is 1. The number of likely N-dealkylation sites (tertiary alicyclic amines) is 1. The van der Waals surface area contributed by atoms with Crippen molar-refractivity contribution in [2.75, 3.05) is 26.7 Å². The van der Waals surface area contributed by atoms with E-state index in [1.807, 2.05) is 43.3 Å². The molecule has 2 aromatic rings. The first kappa shape index (κ1) is 19.4. The maximum absolute atomic E-state index is 13.1. The SMILES string of the molecule is CCCNC(=O)C1CCCN(C(=O)c2sc(-c3ccccc3)cc2OC)C1. The molecule has 5 nitrogen and oxygen atoms in total. The van der Waals surface area contributed by atoms with Crippen LogP contribution in [0, 0.1) is 5.92 Å². The zero-order valence-corrected chi connectivity index (χ0v) is 16.7. The largest absolute Gasteiger partial charge is 0.495 e. The van der Waals surface area contributed by atoms with E-state index in [-0.39, 0.29) is 17.7 Å². The van der Waals surface area contributed by atoms with E-state index in [2.05, 4.69) is 5.32 Å². The van der Waals surface area contributed by atoms with Crippen LogP contribution < -0.4 is 10.1 Å². The summed E-state index contributed by atoms with van der Waals surface area (Å²) in [5.41, 5.74) is 1.07. The fourth-order valence-electron chi connectivity index (χ4n) is 3.33. The van der Waals surface area contributed by atoms with Crippen LogP contribution in [0.2, 0.25) is 0 Å². The lowest BCUT2D eigenvalue weighted by molar-refractivity contribution is -0.126. The van der Waals surface area contributed by atoms with Crippen LogP contribution in [0.15, 0.2) is 36.4 Å². The Labute approximate surface area is 164 Å². The highest BCUT2D eigenvalue weighted by Crippen LogP contribution is 2.37. The first-order valence-corrected chi connectivity index (χ1v) is 10.3. The second-order valence-corrected chi connectivity index (χ2v) is 7.81. The molecule has 0 spiro atoms. The molecule has 0 bridgehead atoms. The zero-order chi connectivity index (χ0) is 19.2. The van der Waals surface area contributed by atoms with E-state index in [0.29, 0.717) is 30.3 Å². The molecule has 2 amide bonds. The molecule has 1 aliphatic heterocycles. The van der Waals surface area contributed by atoms with Gasteiger partial charge in [-0.1, -0.05) is 37.3 Å². The summed E-state index contributed by atoms with van der Waals surface area (Å²) in [6, 6.07) is 11.9. The van der Waals surface area contributed by atoms with Gasteiger partial charge in [0.05, 0.1) is 13.0 Å². The lowest BCUT2D eigenvalue weighted by Gasteiger charge is -2.32. The number of carbonyl (C=O) groups excluding carboxylic acids is 2. The van der Waals surface area contributed by atoms with E-state index < -0.39 is 0 Å². The molecule has 144 valence electrons. The second-order valence-electron chi connectivity index (χ2n) is 6.76. The predicted molar refractivity (Wildman–Crippen MR) is 108 cm³/mol. The normalized spacial score (nSPS) is 16.8. The molecule has 1 aromatic carbocycles. The molecule has 0 aliphatic carbocycles. The van der Waals surface area contributed by atoms with Gasteiger partial charge in [-0.3, -0.25) is 9.59 Å². The number of benzene rings is 1. The summed E-state index contributed by atoms with van der Waals surface area (Å²) in [5, 5.41) is 2.95. The van der Waals surface area contributed by atoms with Gasteiger partial charge in [-0.15, -0.1) is 11.3 Å². The number of methoxy groups -OCH3 is 1. The Morgan fingerprint density at radius 3 is 2.78 bits per heavy atom. The van der Waals surface area contributed by atoms with Gasteiger partial charge in [-0.25, -0.2) is 0 Å². The average molecular weight is 387 g/mol. The van der Waals surface area contributed by atoms with Crippen molar-refractivity contribution in [2.45, 2.75) is 26.2 Å². The monoisotopic (exact) mass is 386 g/mol. The summed E-state index contributed by atoms with van der Waals surface area (Å²) in [4.78, 5) is 28.8. The fraction of sp³-hybridized carbons (Fsp3) is 0.429. The molecule has 0 radical (unpaired) electrons. The van der Waals surface area contributed by atoms with Crippen LogP contribution in [0.4, 0.5) is 0 Å². The van der Waals surface area contributed by atoms with Crippen molar-refractivity contribution < 1.29 is 14.3 Å². The summed E-state index contributed by atoms with van der Waals surface area (Å²) >= 11 is 1.45. The van der Waals surface area contributed by atoms with Crippen LogP contribution in [0.25, 0.3) is 10.4 Å². The van der Waals surface area contributed by atoms with Crippen LogP contribution in [-0.2, 0) is 4.79 Å². The van der Waals surface area contributed by atoms with Crippen LogP contribution in [0.1, 0.15) is 35.9 Å². The molecule has 1 fully saturated rings. The van der Waals surface area contributed by atoms with Crippen LogP contribution in [-0.4, -0.2) is 43.5 Å². The number of amides is 2. The van der Waals surface area contributed by atoms with Crippen molar-refractivity contribution in [1.82, 2.24) is 10.2 Å². The molecule has 27 heavy (non-hydrogen) atoms. The third kappa shape index (κ3) is 4.50. The lowest BCUT2D eigenvalue weighted by Crippen LogP contribution is -2.45. The van der Waals surface area contributed by atoms with Crippen LogP contribution >= 0.6 is 11.3 Å². The molecule has 1 unspecified atom stereocenters. The van der Waals surface area contributed by atoms with E-state index in [9.17, 15) is 9.59 Å². The fourth-order valence-corrected chi connectivity index (χ4v) is 4.43. The number of ether oxygens (including phenoxy) is 1. The molecule has 3 rings (SSSR count). The van der Waals surface area contributed by atoms with Gasteiger partial charge in [0.1, 0.15) is 10.6 Å². The Bertz CT molecular complexity index is 788. The summed E-state index contributed by atoms with van der Waals surface area (Å²) in [5.74, 6) is 0.472. The minimum atomic E-state index is -0.131. The van der Waals surface area contributed by atoms with E-state index in [1.165, 1.54) is 11.3 Å². The Kier molecular flexibility index (Phi) is 6.50. The van der Waals surface area contributed by atoms with Crippen molar-refractivity contribution >= 4 is 23.2 Å². The topological polar surface area (TPSA) is 58.6 Å². The van der Waals surface area contributed by atoms with Gasteiger partial charge in [0.2, 0.25) is 5.91 Å². The summed E-state index contributed by atoms with van der Waals surface area (Å²) in [6.07, 6.45) is 2.58. The third-order valence-electron chi connectivity index (χ3n) is 4.80. The van der Waals surface area contributed by atoms with Crippen molar-refractivity contribution in [3.05, 3.63) is 41.3 Å². The highest BCUT2D eigenvalue weighted by atomic mass is 32.1. The molecule has 1 saturated heterocycles. The lowest BCUT2D eigenvalue weighted by atomic mass is 9.97. The maximum Gasteiger partial charge on any atom is 0.267 e. The number of rotatable bonds is 6. The quantitative estimate of drug-likeness (QED) is 0.821. The number of nitrogens with one attached hydrogen (secondary N) is 1. The van der Waals surface area contributed by atoms with Gasteiger partial charge in [0.25, 0.3) is 5.91 Å². The van der Waals surface area contributed by atoms with Gasteiger partial charge < -0.3 is 15.0 Å². The maximum atomic E-state index is 13.1. The van der Waals surface area contributed by atoms with Gasteiger partial charge in [-0.2, -0.15) is 0 Å². The number of hydrogen-bond donors (Lipinski definition) is 1. The first-order chi connectivity index (χ1) is 13.1. The van der Waals surface area contributed by atoms with Crippen molar-refractivity contribution in [3.63, 3.8) is 0 Å². The minimum absolute atomic E-state index is 0.0491. The molecule has 0 saturated carbocycles. The van der Waals surface area contributed by atoms with Gasteiger partial charge >= 0.3 is 0 Å². The molecule has 1 atom stereocenters. The second kappa shape index (κ2) is 9.04. The Hall–Kier alpha value is -2.34. The Balaban J connectivity index is 1.77. The molecular formula is C21H26N2O3S. The molecular weight excluding hydrogens is 360 g/mol. The standard InChI is InChI=1S/C21H26N2O3S/c1-3-11-22-20(24)16-10-7-12-23(14-16)21(25)19-17(26-2)13-18(27-19)15-8-5-4-6-9-15/h4-6,8-9,13,16H,3,7,10-12,14H2,1-2H3,(H,22,24). The van der Waals surface area contributed by atoms with E-state index in [4.69, 9.17) is 4.74 Å². The van der Waals surface area contributed by atoms with Crippen LogP contribution in [0.3, 0.4) is 0 Å². The molecule has 2 heterocycles. The van der Waals surface area contributed by atoms with E-state index in [0.717, 1.165) is 29.7 Å². The number of hydrogen-bond acceptors (Lipinski definition) is 4. The smallest absolute Gasteiger partial charge is 0.267 e. The molecule has 1 aromatic heterocycles. The summed E-state index contributed by atoms with van der Waals surface area (Å²) in [7, 11) is 1.59. The third-order valence-corrected chi connectivity index (χ3v) is 5.95. The van der Waals surface area contributed by atoms with Gasteiger partial charge in [0.15, 0.2) is 0 Å². The summed E-state index contributed by atoms with van der Waals surface area (Å²) in [6.45, 7) is 3.86. The van der Waals surface area contributed by atoms with Crippen LogP contribution in [0.5, 0.6) is 5.75 Å². The predicted octanol–water partition coefficient (Wildman–Crippen LogP) is 3.80. The highest BCUT2D eigenvalue weighted by Gasteiger charge is 2.31. The average Bonchev–Trinajstić information content (AvgIpc) is 3.16. The van der Waals surface area contributed by atoms with Gasteiger partial charge in [0, 0.05) is 24.5 Å². The Morgan fingerprint density at radius 1 is 1.30 bits per heavy atom. The van der Waals surface area contributed by atoms with E-state index >= 15 is 0 Å². The zero-order valence-electron chi connectivity index (χ0n) is 15.9. The minimum Gasteiger partial charge on any atom is -0.495 e. The van der Waals surface area contributed by atoms with Gasteiger partial charge in [-0.05, 0) is 30.9 Å². The number of thiophene rings is 1. The molecule has 1 aliphatic rings. The van der Waals surface area contributed by atoms with Crippen molar-refractivity contribution in [2.24, 2.45) is 5.92 Å². The molecule has 1 N–H and O–H groups in total. The number of nitrogens with zero attached hydrogens (tertiary/aromatic N) is 1. The van der Waals surface area contributed by atoms with E-state index in [1.54, 1.807) is 12.0 Å². The molecule has 6 heteroatoms. The number of carbonyl (C=O) groups is 2. The van der Waals surface area contributed by atoms with Crippen molar-refractivity contribution in [1.29, 1.82) is 0 Å². The Morgan fingerprint density at radius 2 is 2.07 bits per heavy atom. The summed E-state index contributed by atoms with van der Waals surface area (Å²) < 4.78 is 5.47. The highest BCUT2D eigenvalue weighted by molar-refractivity contribution is 7.17. The van der Waals surface area contributed by atoms with Crippen molar-refractivity contribution in [3.8, 4) is 16.2 Å².